The molecule has 0 spiro atoms. The number of benzene rings is 9. The molecule has 11 rings (SSSR count). The Bertz CT molecular complexity index is 3170. The summed E-state index contributed by atoms with van der Waals surface area (Å²) >= 11 is 0. The van der Waals surface area contributed by atoms with E-state index in [0.717, 1.165) is 77.5 Å². The van der Waals surface area contributed by atoms with Crippen molar-refractivity contribution in [3.05, 3.63) is 188 Å². The van der Waals surface area contributed by atoms with Crippen molar-refractivity contribution in [1.29, 1.82) is 0 Å². The lowest BCUT2D eigenvalue weighted by Gasteiger charge is -2.26. The van der Waals surface area contributed by atoms with E-state index >= 15 is 0 Å². The zero-order valence-corrected chi connectivity index (χ0v) is 28.7. The van der Waals surface area contributed by atoms with Gasteiger partial charge in [0.05, 0.1) is 0 Å². The van der Waals surface area contributed by atoms with E-state index in [1.165, 1.54) is 27.3 Å². The molecule has 0 saturated heterocycles. The third-order valence-corrected chi connectivity index (χ3v) is 10.6. The van der Waals surface area contributed by atoms with Crippen LogP contribution < -0.4 is 4.90 Å². The van der Waals surface area contributed by atoms with Crippen LogP contribution in [0.2, 0.25) is 0 Å². The number of furan rings is 2. The van der Waals surface area contributed by atoms with Crippen LogP contribution in [0.3, 0.4) is 0 Å². The fraction of sp³-hybridized carbons (Fsp3) is 0. The molecule has 0 aliphatic carbocycles. The average Bonchev–Trinajstić information content (AvgIpc) is 3.79. The van der Waals surface area contributed by atoms with Crippen molar-refractivity contribution in [1.82, 2.24) is 0 Å². The second-order valence-corrected chi connectivity index (χ2v) is 13.7. The minimum absolute atomic E-state index is 0.883. The van der Waals surface area contributed by atoms with Gasteiger partial charge in [-0.2, -0.15) is 0 Å². The zero-order valence-electron chi connectivity index (χ0n) is 28.7. The number of rotatable bonds is 5. The first kappa shape index (κ1) is 29.6. The van der Waals surface area contributed by atoms with Gasteiger partial charge >= 0.3 is 0 Å². The number of fused-ring (bicyclic) bond motifs is 9. The summed E-state index contributed by atoms with van der Waals surface area (Å²) < 4.78 is 12.9. The van der Waals surface area contributed by atoms with Crippen molar-refractivity contribution in [2.75, 3.05) is 4.90 Å². The van der Waals surface area contributed by atoms with Crippen molar-refractivity contribution < 1.29 is 8.83 Å². The molecule has 9 aromatic carbocycles. The van der Waals surface area contributed by atoms with E-state index in [9.17, 15) is 0 Å². The molecule has 0 radical (unpaired) electrons. The van der Waals surface area contributed by atoms with E-state index in [2.05, 4.69) is 181 Å². The molecule has 2 heterocycles. The number of nitrogens with zero attached hydrogens (tertiary/aromatic N) is 1. The molecular weight excluding hydrogens is 647 g/mol. The summed E-state index contributed by atoms with van der Waals surface area (Å²) in [5.74, 6) is 0. The quantitative estimate of drug-likeness (QED) is 0.182. The predicted molar refractivity (Wildman–Crippen MR) is 222 cm³/mol. The molecule has 0 amide bonds. The van der Waals surface area contributed by atoms with Gasteiger partial charge < -0.3 is 13.7 Å². The monoisotopic (exact) mass is 677 g/mol. The standard InChI is InChI=1S/C50H31NO2/c1-2-11-34(12-3-1)44-31-46-42-26-21-36(29-49(42)53-50(46)43-16-7-6-14-40(43)44)33-18-22-37(23-19-33)51(38-24-20-32-10-4-5-13-35(32)28-38)39-25-27-48-45(30-39)41-15-8-9-17-47(41)52-48/h1-31H. The topological polar surface area (TPSA) is 29.5 Å². The summed E-state index contributed by atoms with van der Waals surface area (Å²) in [5.41, 5.74) is 11.5. The maximum absolute atomic E-state index is 6.67. The molecule has 248 valence electrons. The Balaban J connectivity index is 1.02. The van der Waals surface area contributed by atoms with Gasteiger partial charge in [0.2, 0.25) is 0 Å². The lowest BCUT2D eigenvalue weighted by Crippen LogP contribution is -2.09. The lowest BCUT2D eigenvalue weighted by molar-refractivity contribution is 0.669. The second kappa shape index (κ2) is 11.7. The number of anilines is 3. The van der Waals surface area contributed by atoms with Gasteiger partial charge in [0.15, 0.2) is 0 Å². The fourth-order valence-corrected chi connectivity index (χ4v) is 8.05. The van der Waals surface area contributed by atoms with Gasteiger partial charge in [-0.15, -0.1) is 0 Å². The molecule has 0 saturated carbocycles. The molecule has 0 atom stereocenters. The zero-order chi connectivity index (χ0) is 34.9. The summed E-state index contributed by atoms with van der Waals surface area (Å²) in [6.07, 6.45) is 0. The van der Waals surface area contributed by atoms with Gasteiger partial charge in [0.1, 0.15) is 22.3 Å². The third kappa shape index (κ3) is 4.82. The summed E-state index contributed by atoms with van der Waals surface area (Å²) in [6, 6.07) is 66.8. The van der Waals surface area contributed by atoms with Crippen molar-refractivity contribution in [2.24, 2.45) is 0 Å². The maximum Gasteiger partial charge on any atom is 0.143 e. The first-order valence-electron chi connectivity index (χ1n) is 18.0. The van der Waals surface area contributed by atoms with Crippen molar-refractivity contribution in [3.63, 3.8) is 0 Å². The van der Waals surface area contributed by atoms with E-state index in [-0.39, 0.29) is 0 Å². The van der Waals surface area contributed by atoms with Crippen molar-refractivity contribution in [2.45, 2.75) is 0 Å². The fourth-order valence-electron chi connectivity index (χ4n) is 8.05. The number of para-hydroxylation sites is 1. The summed E-state index contributed by atoms with van der Waals surface area (Å²) in [6.45, 7) is 0. The van der Waals surface area contributed by atoms with Gasteiger partial charge in [0.25, 0.3) is 0 Å². The highest BCUT2D eigenvalue weighted by Gasteiger charge is 2.18. The Hall–Kier alpha value is -7.10. The summed E-state index contributed by atoms with van der Waals surface area (Å²) in [7, 11) is 0. The van der Waals surface area contributed by atoms with E-state index in [0.29, 0.717) is 0 Å². The third-order valence-electron chi connectivity index (χ3n) is 10.6. The highest BCUT2D eigenvalue weighted by molar-refractivity contribution is 6.19. The normalized spacial score (nSPS) is 11.8. The van der Waals surface area contributed by atoms with Crippen LogP contribution in [0.25, 0.3) is 87.7 Å². The van der Waals surface area contributed by atoms with Crippen molar-refractivity contribution >= 4 is 82.5 Å². The minimum Gasteiger partial charge on any atom is -0.456 e. The highest BCUT2D eigenvalue weighted by Crippen LogP contribution is 2.43. The van der Waals surface area contributed by atoms with Crippen molar-refractivity contribution in [3.8, 4) is 22.3 Å². The molecule has 2 aromatic heterocycles. The smallest absolute Gasteiger partial charge is 0.143 e. The van der Waals surface area contributed by atoms with Crippen LogP contribution in [-0.2, 0) is 0 Å². The molecule has 3 nitrogen and oxygen atoms in total. The Morgan fingerprint density at radius 1 is 0.302 bits per heavy atom. The Labute approximate surface area is 305 Å². The second-order valence-electron chi connectivity index (χ2n) is 13.7. The summed E-state index contributed by atoms with van der Waals surface area (Å²) in [5, 5.41) is 9.20. The Morgan fingerprint density at radius 2 is 0.943 bits per heavy atom. The van der Waals surface area contributed by atoms with E-state index in [1.54, 1.807) is 0 Å². The predicted octanol–water partition coefficient (Wildman–Crippen LogP) is 14.6. The lowest BCUT2D eigenvalue weighted by atomic mass is 9.95. The SMILES string of the molecule is c1ccc(-c2cc3c4ccc(-c5ccc(N(c6ccc7ccccc7c6)c6ccc7oc8ccccc8c7c6)cc5)cc4oc3c3ccccc23)cc1. The molecule has 0 unspecified atom stereocenters. The first-order chi connectivity index (χ1) is 26.2. The van der Waals surface area contributed by atoms with Gasteiger partial charge in [-0.3, -0.25) is 0 Å². The highest BCUT2D eigenvalue weighted by atomic mass is 16.3. The Kier molecular flexibility index (Phi) is 6.55. The Morgan fingerprint density at radius 3 is 1.81 bits per heavy atom. The van der Waals surface area contributed by atoms with Gasteiger partial charge in [-0.05, 0) is 105 Å². The molecular formula is C50H31NO2. The largest absolute Gasteiger partial charge is 0.456 e. The van der Waals surface area contributed by atoms with E-state index in [4.69, 9.17) is 8.83 Å². The summed E-state index contributed by atoms with van der Waals surface area (Å²) in [4.78, 5) is 2.33. The molecule has 3 heteroatoms. The molecule has 53 heavy (non-hydrogen) atoms. The molecule has 0 aliphatic heterocycles. The van der Waals surface area contributed by atoms with E-state index < -0.39 is 0 Å². The van der Waals surface area contributed by atoms with Crippen LogP contribution in [0.4, 0.5) is 17.1 Å². The minimum atomic E-state index is 0.883. The number of hydrogen-bond acceptors (Lipinski definition) is 3. The van der Waals surface area contributed by atoms with Crippen LogP contribution >= 0.6 is 0 Å². The molecule has 0 N–H and O–H groups in total. The average molecular weight is 678 g/mol. The first-order valence-corrected chi connectivity index (χ1v) is 18.0. The van der Waals surface area contributed by atoms with Crippen LogP contribution in [0.5, 0.6) is 0 Å². The van der Waals surface area contributed by atoms with Crippen LogP contribution in [0.15, 0.2) is 197 Å². The molecule has 0 fully saturated rings. The number of hydrogen-bond donors (Lipinski definition) is 0. The molecule has 0 aliphatic rings. The molecule has 0 bridgehead atoms. The van der Waals surface area contributed by atoms with Crippen LogP contribution in [0, 0.1) is 0 Å². The van der Waals surface area contributed by atoms with Gasteiger partial charge in [0, 0.05) is 44.0 Å². The molecule has 11 aromatic rings. The maximum atomic E-state index is 6.67. The van der Waals surface area contributed by atoms with Gasteiger partial charge in [-0.1, -0.05) is 121 Å². The van der Waals surface area contributed by atoms with Crippen LogP contribution in [0.1, 0.15) is 0 Å². The van der Waals surface area contributed by atoms with Crippen LogP contribution in [-0.4, -0.2) is 0 Å². The van der Waals surface area contributed by atoms with E-state index in [1.807, 2.05) is 12.1 Å². The van der Waals surface area contributed by atoms with Gasteiger partial charge in [-0.25, -0.2) is 0 Å².